The lowest BCUT2D eigenvalue weighted by Crippen LogP contribution is -2.07. The van der Waals surface area contributed by atoms with E-state index in [9.17, 15) is 5.11 Å². The SMILES string of the molecule is Cn1c(C[C@H](O)c2cccc3ccccc23)nc2ccccc21. The summed E-state index contributed by atoms with van der Waals surface area (Å²) < 4.78 is 2.06. The molecule has 1 heterocycles. The number of hydrogen-bond donors (Lipinski definition) is 1. The van der Waals surface area contributed by atoms with E-state index in [1.54, 1.807) is 0 Å². The van der Waals surface area contributed by atoms with Gasteiger partial charge in [-0.15, -0.1) is 0 Å². The van der Waals surface area contributed by atoms with Gasteiger partial charge >= 0.3 is 0 Å². The number of aromatic nitrogens is 2. The maximum atomic E-state index is 10.8. The van der Waals surface area contributed by atoms with E-state index < -0.39 is 6.10 Å². The summed E-state index contributed by atoms with van der Waals surface area (Å²) in [5, 5.41) is 13.0. The number of fused-ring (bicyclic) bond motifs is 2. The predicted octanol–water partition coefficient (Wildman–Crippen LogP) is 4.00. The van der Waals surface area contributed by atoms with E-state index in [-0.39, 0.29) is 0 Å². The molecule has 1 N–H and O–H groups in total. The van der Waals surface area contributed by atoms with Crippen LogP contribution in [-0.2, 0) is 13.5 Å². The second-order valence-corrected chi connectivity index (χ2v) is 5.86. The van der Waals surface area contributed by atoms with Gasteiger partial charge < -0.3 is 9.67 Å². The highest BCUT2D eigenvalue weighted by Gasteiger charge is 2.16. The Kier molecular flexibility index (Phi) is 3.36. The third-order valence-corrected chi connectivity index (χ3v) is 4.44. The second kappa shape index (κ2) is 5.52. The van der Waals surface area contributed by atoms with Gasteiger partial charge in [-0.05, 0) is 28.5 Å². The van der Waals surface area contributed by atoms with Crippen LogP contribution >= 0.6 is 0 Å². The zero-order valence-electron chi connectivity index (χ0n) is 13.0. The molecule has 1 aromatic heterocycles. The summed E-state index contributed by atoms with van der Waals surface area (Å²) in [6.45, 7) is 0. The van der Waals surface area contributed by atoms with Gasteiger partial charge in [-0.2, -0.15) is 0 Å². The number of aliphatic hydroxyl groups excluding tert-OH is 1. The number of aliphatic hydroxyl groups is 1. The van der Waals surface area contributed by atoms with E-state index in [1.165, 1.54) is 0 Å². The number of aryl methyl sites for hydroxylation is 1. The molecule has 3 aromatic carbocycles. The van der Waals surface area contributed by atoms with Crippen molar-refractivity contribution in [2.24, 2.45) is 7.05 Å². The van der Waals surface area contributed by atoms with Crippen LogP contribution in [0.4, 0.5) is 0 Å². The molecule has 0 spiro atoms. The molecule has 1 atom stereocenters. The van der Waals surface area contributed by atoms with Crippen LogP contribution in [0.3, 0.4) is 0 Å². The van der Waals surface area contributed by atoms with E-state index >= 15 is 0 Å². The minimum absolute atomic E-state index is 0.499. The highest BCUT2D eigenvalue weighted by atomic mass is 16.3. The molecule has 0 radical (unpaired) electrons. The fraction of sp³-hybridized carbons (Fsp3) is 0.150. The molecule has 114 valence electrons. The van der Waals surface area contributed by atoms with Crippen LogP contribution in [0.25, 0.3) is 21.8 Å². The standard InChI is InChI=1S/C20H18N2O/c1-22-18-12-5-4-11-17(18)21-20(22)13-19(23)16-10-6-8-14-7-2-3-9-15(14)16/h2-12,19,23H,13H2,1H3/t19-/m0/s1. The number of nitrogens with zero attached hydrogens (tertiary/aromatic N) is 2. The van der Waals surface area contributed by atoms with Crippen LogP contribution in [0, 0.1) is 0 Å². The number of benzene rings is 3. The Hall–Kier alpha value is -2.65. The van der Waals surface area contributed by atoms with Gasteiger partial charge in [0.15, 0.2) is 0 Å². The largest absolute Gasteiger partial charge is 0.388 e. The molecule has 3 heteroatoms. The Morgan fingerprint density at radius 1 is 0.957 bits per heavy atom. The Morgan fingerprint density at radius 2 is 1.70 bits per heavy atom. The third kappa shape index (κ3) is 2.39. The smallest absolute Gasteiger partial charge is 0.112 e. The summed E-state index contributed by atoms with van der Waals surface area (Å²) in [6.07, 6.45) is -0.0734. The minimum atomic E-state index is -0.573. The molecular formula is C20H18N2O. The summed E-state index contributed by atoms with van der Waals surface area (Å²) in [5.41, 5.74) is 3.01. The highest BCUT2D eigenvalue weighted by Crippen LogP contribution is 2.27. The second-order valence-electron chi connectivity index (χ2n) is 5.86. The normalized spacial score (nSPS) is 12.8. The van der Waals surface area contributed by atoms with Crippen molar-refractivity contribution in [2.75, 3.05) is 0 Å². The molecule has 0 unspecified atom stereocenters. The monoisotopic (exact) mass is 302 g/mol. The van der Waals surface area contributed by atoms with Gasteiger partial charge in [0.25, 0.3) is 0 Å². The first-order chi connectivity index (χ1) is 11.2. The number of para-hydroxylation sites is 2. The van der Waals surface area contributed by atoms with Gasteiger partial charge in [-0.25, -0.2) is 4.98 Å². The van der Waals surface area contributed by atoms with Crippen molar-refractivity contribution in [3.05, 3.63) is 78.1 Å². The predicted molar refractivity (Wildman–Crippen MR) is 93.3 cm³/mol. The van der Waals surface area contributed by atoms with Crippen molar-refractivity contribution >= 4 is 21.8 Å². The first-order valence-electron chi connectivity index (χ1n) is 7.80. The summed E-state index contributed by atoms with van der Waals surface area (Å²) >= 11 is 0. The van der Waals surface area contributed by atoms with Gasteiger partial charge in [0.05, 0.1) is 17.1 Å². The fourth-order valence-electron chi connectivity index (χ4n) is 3.20. The van der Waals surface area contributed by atoms with Crippen molar-refractivity contribution in [3.63, 3.8) is 0 Å². The fourth-order valence-corrected chi connectivity index (χ4v) is 3.20. The van der Waals surface area contributed by atoms with Crippen LogP contribution in [0.5, 0.6) is 0 Å². The molecule has 4 aromatic rings. The molecule has 0 bridgehead atoms. The van der Waals surface area contributed by atoms with Crippen molar-refractivity contribution in [2.45, 2.75) is 12.5 Å². The third-order valence-electron chi connectivity index (χ3n) is 4.44. The van der Waals surface area contributed by atoms with E-state index in [0.29, 0.717) is 6.42 Å². The van der Waals surface area contributed by atoms with Gasteiger partial charge in [-0.3, -0.25) is 0 Å². The summed E-state index contributed by atoms with van der Waals surface area (Å²) in [6, 6.07) is 22.3. The molecule has 0 aliphatic rings. The van der Waals surface area contributed by atoms with E-state index in [1.807, 2.05) is 49.5 Å². The van der Waals surface area contributed by atoms with Crippen molar-refractivity contribution in [3.8, 4) is 0 Å². The lowest BCUT2D eigenvalue weighted by atomic mass is 9.98. The van der Waals surface area contributed by atoms with E-state index in [0.717, 1.165) is 33.2 Å². The quantitative estimate of drug-likeness (QED) is 0.621. The number of rotatable bonds is 3. The first kappa shape index (κ1) is 14.0. The van der Waals surface area contributed by atoms with Crippen molar-refractivity contribution in [1.29, 1.82) is 0 Å². The van der Waals surface area contributed by atoms with Crippen molar-refractivity contribution < 1.29 is 5.11 Å². The number of imidazole rings is 1. The topological polar surface area (TPSA) is 38.0 Å². The molecule has 0 aliphatic heterocycles. The molecule has 0 saturated carbocycles. The molecule has 0 aliphatic carbocycles. The summed E-state index contributed by atoms with van der Waals surface area (Å²) in [7, 11) is 2.00. The first-order valence-corrected chi connectivity index (χ1v) is 7.80. The average Bonchev–Trinajstić information content (AvgIpc) is 2.90. The van der Waals surface area contributed by atoms with Crippen LogP contribution in [0.1, 0.15) is 17.5 Å². The molecule has 0 amide bonds. The van der Waals surface area contributed by atoms with E-state index in [2.05, 4.69) is 33.8 Å². The van der Waals surface area contributed by atoms with Crippen LogP contribution < -0.4 is 0 Å². The molecular weight excluding hydrogens is 284 g/mol. The lowest BCUT2D eigenvalue weighted by Gasteiger charge is -2.13. The highest BCUT2D eigenvalue weighted by molar-refractivity contribution is 5.86. The maximum Gasteiger partial charge on any atom is 0.112 e. The summed E-state index contributed by atoms with van der Waals surface area (Å²) in [4.78, 5) is 4.66. The van der Waals surface area contributed by atoms with Gasteiger partial charge in [0, 0.05) is 13.5 Å². The number of hydrogen-bond acceptors (Lipinski definition) is 2. The average molecular weight is 302 g/mol. The van der Waals surface area contributed by atoms with Gasteiger partial charge in [0.1, 0.15) is 5.82 Å². The Bertz CT molecular complexity index is 982. The molecule has 0 fully saturated rings. The van der Waals surface area contributed by atoms with Gasteiger partial charge in [-0.1, -0.05) is 54.6 Å². The van der Waals surface area contributed by atoms with Crippen LogP contribution in [0.2, 0.25) is 0 Å². The lowest BCUT2D eigenvalue weighted by molar-refractivity contribution is 0.176. The molecule has 0 saturated heterocycles. The molecule has 3 nitrogen and oxygen atoms in total. The zero-order chi connectivity index (χ0) is 15.8. The Labute approximate surface area is 134 Å². The van der Waals surface area contributed by atoms with Crippen LogP contribution in [-0.4, -0.2) is 14.7 Å². The maximum absolute atomic E-state index is 10.8. The van der Waals surface area contributed by atoms with E-state index in [4.69, 9.17) is 0 Å². The molecule has 23 heavy (non-hydrogen) atoms. The Balaban J connectivity index is 1.73. The van der Waals surface area contributed by atoms with Crippen LogP contribution in [0.15, 0.2) is 66.7 Å². The molecule has 4 rings (SSSR count). The Morgan fingerprint density at radius 3 is 2.57 bits per heavy atom. The zero-order valence-corrected chi connectivity index (χ0v) is 13.0. The van der Waals surface area contributed by atoms with Crippen molar-refractivity contribution in [1.82, 2.24) is 9.55 Å². The minimum Gasteiger partial charge on any atom is -0.388 e. The summed E-state index contributed by atoms with van der Waals surface area (Å²) in [5.74, 6) is 0.895. The van der Waals surface area contributed by atoms with Gasteiger partial charge in [0.2, 0.25) is 0 Å².